The minimum Gasteiger partial charge on any atom is -0.486 e. The van der Waals surface area contributed by atoms with E-state index in [0.29, 0.717) is 24.5 Å². The predicted octanol–water partition coefficient (Wildman–Crippen LogP) is 5.14. The molecule has 0 spiro atoms. The standard InChI is InChI=1S/C32H45N5O2/c1-7-24(3)31-29(22-35-25(4)34-8-2)32(38)37(21-20-36(31)6)23-26-14-16-28(17-15-26)39-30(18-19-33-5)27-12-10-9-11-13-27/h9-17,22,24,30,33-34H,4,7-8,18-21,23H2,1-3,5-6H3/b35-22-. The van der Waals surface area contributed by atoms with Crippen LogP contribution in [0.4, 0.5) is 0 Å². The number of rotatable bonds is 14. The van der Waals surface area contributed by atoms with Gasteiger partial charge in [-0.15, -0.1) is 0 Å². The second kappa shape index (κ2) is 15.1. The third kappa shape index (κ3) is 8.45. The van der Waals surface area contributed by atoms with Crippen molar-refractivity contribution in [3.05, 3.63) is 89.4 Å². The van der Waals surface area contributed by atoms with Crippen molar-refractivity contribution in [3.8, 4) is 5.75 Å². The van der Waals surface area contributed by atoms with Crippen molar-refractivity contribution in [1.29, 1.82) is 0 Å². The number of nitrogens with zero attached hydrogens (tertiary/aromatic N) is 3. The molecule has 3 rings (SSSR count). The number of aliphatic imine (C=N–C) groups is 1. The smallest absolute Gasteiger partial charge is 0.257 e. The van der Waals surface area contributed by atoms with E-state index in [2.05, 4.69) is 72.3 Å². The molecule has 1 aliphatic heterocycles. The number of carbonyl (C=O) groups is 1. The molecule has 7 nitrogen and oxygen atoms in total. The Morgan fingerprint density at radius 1 is 1.13 bits per heavy atom. The van der Waals surface area contributed by atoms with Crippen LogP contribution in [-0.2, 0) is 11.3 Å². The highest BCUT2D eigenvalue weighted by molar-refractivity contribution is 6.13. The van der Waals surface area contributed by atoms with Crippen molar-refractivity contribution >= 4 is 12.1 Å². The summed E-state index contributed by atoms with van der Waals surface area (Å²) >= 11 is 0. The van der Waals surface area contributed by atoms with Crippen molar-refractivity contribution < 1.29 is 9.53 Å². The fourth-order valence-electron chi connectivity index (χ4n) is 4.77. The Morgan fingerprint density at radius 2 is 1.85 bits per heavy atom. The number of benzene rings is 2. The van der Waals surface area contributed by atoms with Gasteiger partial charge in [-0.3, -0.25) is 4.79 Å². The first kappa shape index (κ1) is 30.0. The van der Waals surface area contributed by atoms with Crippen LogP contribution >= 0.6 is 0 Å². The number of nitrogens with one attached hydrogen (secondary N) is 2. The van der Waals surface area contributed by atoms with Gasteiger partial charge in [0, 0.05) is 51.6 Å². The molecule has 210 valence electrons. The first-order chi connectivity index (χ1) is 18.9. The molecule has 2 aromatic carbocycles. The third-order valence-corrected chi connectivity index (χ3v) is 7.12. The lowest BCUT2D eigenvalue weighted by atomic mass is 9.98. The maximum Gasteiger partial charge on any atom is 0.257 e. The molecular weight excluding hydrogens is 486 g/mol. The zero-order valence-electron chi connectivity index (χ0n) is 24.2. The fraction of sp³-hybridized carbons (Fsp3) is 0.438. The molecule has 7 heteroatoms. The molecule has 2 aromatic rings. The third-order valence-electron chi connectivity index (χ3n) is 7.12. The topological polar surface area (TPSA) is 69.2 Å². The second-order valence-corrected chi connectivity index (χ2v) is 10.0. The van der Waals surface area contributed by atoms with Crippen LogP contribution in [0, 0.1) is 5.92 Å². The van der Waals surface area contributed by atoms with E-state index in [1.807, 2.05) is 49.2 Å². The normalized spacial score (nSPS) is 15.9. The lowest BCUT2D eigenvalue weighted by Gasteiger charge is -2.26. The molecule has 1 heterocycles. The molecule has 2 unspecified atom stereocenters. The molecule has 0 bridgehead atoms. The highest BCUT2D eigenvalue weighted by Crippen LogP contribution is 2.27. The maximum atomic E-state index is 13.8. The van der Waals surface area contributed by atoms with Gasteiger partial charge in [0.25, 0.3) is 5.91 Å². The number of hydrogen-bond donors (Lipinski definition) is 2. The van der Waals surface area contributed by atoms with Crippen LogP contribution in [0.2, 0.25) is 0 Å². The van der Waals surface area contributed by atoms with E-state index in [1.165, 1.54) is 0 Å². The molecule has 0 saturated carbocycles. The minimum absolute atomic E-state index is 0.000711. The summed E-state index contributed by atoms with van der Waals surface area (Å²) in [5.74, 6) is 1.61. The summed E-state index contributed by atoms with van der Waals surface area (Å²) in [5, 5.41) is 6.32. The van der Waals surface area contributed by atoms with Crippen molar-refractivity contribution in [3.63, 3.8) is 0 Å². The zero-order valence-corrected chi connectivity index (χ0v) is 24.2. The van der Waals surface area contributed by atoms with Crippen LogP contribution in [-0.4, -0.2) is 62.2 Å². The van der Waals surface area contributed by atoms with Crippen molar-refractivity contribution in [2.45, 2.75) is 46.3 Å². The van der Waals surface area contributed by atoms with E-state index in [9.17, 15) is 4.79 Å². The van der Waals surface area contributed by atoms with E-state index in [-0.39, 0.29) is 17.9 Å². The van der Waals surface area contributed by atoms with Crippen molar-refractivity contribution in [2.24, 2.45) is 10.9 Å². The second-order valence-electron chi connectivity index (χ2n) is 10.0. The van der Waals surface area contributed by atoms with E-state index < -0.39 is 0 Å². The number of allylic oxidation sites excluding steroid dienone is 1. The predicted molar refractivity (Wildman–Crippen MR) is 161 cm³/mol. The van der Waals surface area contributed by atoms with Gasteiger partial charge in [-0.25, -0.2) is 4.99 Å². The van der Waals surface area contributed by atoms with E-state index >= 15 is 0 Å². The molecule has 0 fully saturated rings. The summed E-state index contributed by atoms with van der Waals surface area (Å²) < 4.78 is 6.38. The highest BCUT2D eigenvalue weighted by Gasteiger charge is 2.29. The van der Waals surface area contributed by atoms with Gasteiger partial charge in [-0.1, -0.05) is 62.9 Å². The number of carbonyl (C=O) groups excluding carboxylic acids is 1. The summed E-state index contributed by atoms with van der Waals surface area (Å²) in [6, 6.07) is 18.4. The van der Waals surface area contributed by atoms with Crippen LogP contribution in [0.25, 0.3) is 0 Å². The molecule has 0 aromatic heterocycles. The quantitative estimate of drug-likeness (QED) is 0.330. The average Bonchev–Trinajstić information content (AvgIpc) is 3.06. The SMILES string of the molecule is C=C(/N=C\C1=C(C(C)CC)N(C)CCN(Cc2ccc(OC(CCNC)c3ccccc3)cc2)C1=O)NCC. The number of ether oxygens (including phenoxy) is 1. The Hall–Kier alpha value is -3.58. The molecule has 0 radical (unpaired) electrons. The Kier molecular flexibility index (Phi) is 11.6. The van der Waals surface area contributed by atoms with Gasteiger partial charge in [-0.2, -0.15) is 0 Å². The molecule has 0 saturated heterocycles. The largest absolute Gasteiger partial charge is 0.486 e. The number of hydrogen-bond acceptors (Lipinski definition) is 6. The van der Waals surface area contributed by atoms with Crippen molar-refractivity contribution in [1.82, 2.24) is 20.4 Å². The molecule has 1 aliphatic rings. The number of likely N-dealkylation sites (N-methyl/N-ethyl adjacent to an activating group) is 1. The van der Waals surface area contributed by atoms with Crippen LogP contribution in [0.1, 0.15) is 50.8 Å². The average molecular weight is 532 g/mol. The molecule has 2 atom stereocenters. The van der Waals surface area contributed by atoms with Gasteiger partial charge in [0.1, 0.15) is 17.7 Å². The first-order valence-electron chi connectivity index (χ1n) is 14.0. The van der Waals surface area contributed by atoms with Gasteiger partial charge < -0.3 is 25.2 Å². The van der Waals surface area contributed by atoms with E-state index in [0.717, 1.165) is 55.0 Å². The van der Waals surface area contributed by atoms with Crippen molar-refractivity contribution in [2.75, 3.05) is 40.3 Å². The summed E-state index contributed by atoms with van der Waals surface area (Å²) in [4.78, 5) is 22.4. The zero-order chi connectivity index (χ0) is 28.2. The van der Waals surface area contributed by atoms with Crippen LogP contribution in [0.15, 0.2) is 83.3 Å². The van der Waals surface area contributed by atoms with Crippen LogP contribution in [0.3, 0.4) is 0 Å². The molecule has 2 N–H and O–H groups in total. The number of amides is 1. The van der Waals surface area contributed by atoms with Gasteiger partial charge in [-0.05, 0) is 56.1 Å². The summed E-state index contributed by atoms with van der Waals surface area (Å²) in [6.07, 6.45) is 3.47. The molecule has 39 heavy (non-hydrogen) atoms. The minimum atomic E-state index is -0.0323. The summed E-state index contributed by atoms with van der Waals surface area (Å²) in [7, 11) is 4.02. The first-order valence-corrected chi connectivity index (χ1v) is 14.0. The van der Waals surface area contributed by atoms with Crippen LogP contribution < -0.4 is 15.4 Å². The molecular formula is C32H45N5O2. The van der Waals surface area contributed by atoms with E-state index in [4.69, 9.17) is 4.74 Å². The summed E-state index contributed by atoms with van der Waals surface area (Å²) in [5.41, 5.74) is 3.89. The lowest BCUT2D eigenvalue weighted by Crippen LogP contribution is -2.34. The lowest BCUT2D eigenvalue weighted by molar-refractivity contribution is -0.126. The van der Waals surface area contributed by atoms with Crippen LogP contribution in [0.5, 0.6) is 5.75 Å². The highest BCUT2D eigenvalue weighted by atomic mass is 16.5. The van der Waals surface area contributed by atoms with Gasteiger partial charge >= 0.3 is 0 Å². The Morgan fingerprint density at radius 3 is 2.49 bits per heavy atom. The Balaban J connectivity index is 1.79. The summed E-state index contributed by atoms with van der Waals surface area (Å²) in [6.45, 7) is 13.8. The van der Waals surface area contributed by atoms with Gasteiger partial charge in [0.05, 0.1) is 5.57 Å². The maximum absolute atomic E-state index is 13.8. The monoisotopic (exact) mass is 531 g/mol. The van der Waals surface area contributed by atoms with Gasteiger partial charge in [0.15, 0.2) is 0 Å². The molecule has 0 aliphatic carbocycles. The Bertz CT molecular complexity index is 1130. The molecule has 1 amide bonds. The Labute approximate surface area is 234 Å². The van der Waals surface area contributed by atoms with Gasteiger partial charge in [0.2, 0.25) is 0 Å². The van der Waals surface area contributed by atoms with E-state index in [1.54, 1.807) is 6.21 Å². The fourth-order valence-corrected chi connectivity index (χ4v) is 4.77.